The van der Waals surface area contributed by atoms with Crippen LogP contribution in [0.2, 0.25) is 0 Å². The molecule has 0 radical (unpaired) electrons. The third-order valence-corrected chi connectivity index (χ3v) is 6.60. The lowest BCUT2D eigenvalue weighted by atomic mass is 9.98. The van der Waals surface area contributed by atoms with E-state index in [1.165, 1.54) is 18.3 Å². The highest BCUT2D eigenvalue weighted by Gasteiger charge is 2.29. The first-order chi connectivity index (χ1) is 17.0. The Kier molecular flexibility index (Phi) is 5.99. The van der Waals surface area contributed by atoms with Gasteiger partial charge in [-0.3, -0.25) is 10.1 Å². The van der Waals surface area contributed by atoms with E-state index in [9.17, 15) is 19.5 Å². The summed E-state index contributed by atoms with van der Waals surface area (Å²) in [7, 11) is 0. The Morgan fingerprint density at radius 2 is 1.51 bits per heavy atom. The van der Waals surface area contributed by atoms with E-state index in [4.69, 9.17) is 4.74 Å². The average Bonchev–Trinajstić information content (AvgIpc) is 3.46. The Hall–Kier alpha value is -4.50. The number of anilines is 2. The van der Waals surface area contributed by atoms with Crippen molar-refractivity contribution < 1.29 is 24.2 Å². The molecule has 0 atom stereocenters. The van der Waals surface area contributed by atoms with Gasteiger partial charge in [-0.1, -0.05) is 72.0 Å². The Morgan fingerprint density at radius 1 is 0.886 bits per heavy atom. The molecule has 0 spiro atoms. The summed E-state index contributed by atoms with van der Waals surface area (Å²) < 4.78 is 5.50. The number of hydrogen-bond donors (Lipinski definition) is 3. The van der Waals surface area contributed by atoms with Crippen molar-refractivity contribution in [2.24, 2.45) is 0 Å². The van der Waals surface area contributed by atoms with Gasteiger partial charge in [-0.05, 0) is 34.4 Å². The second kappa shape index (κ2) is 9.40. The number of nitrogens with one attached hydrogen (secondary N) is 2. The van der Waals surface area contributed by atoms with Crippen LogP contribution in [0.5, 0.6) is 0 Å². The fourth-order valence-electron chi connectivity index (χ4n) is 4.12. The van der Waals surface area contributed by atoms with Crippen LogP contribution in [0.1, 0.15) is 37.1 Å². The van der Waals surface area contributed by atoms with E-state index in [0.29, 0.717) is 0 Å². The summed E-state index contributed by atoms with van der Waals surface area (Å²) in [4.78, 5) is 40.6. The van der Waals surface area contributed by atoms with Gasteiger partial charge < -0.3 is 15.2 Å². The number of aromatic nitrogens is 1. The van der Waals surface area contributed by atoms with Gasteiger partial charge in [0.2, 0.25) is 0 Å². The van der Waals surface area contributed by atoms with Crippen LogP contribution in [0.3, 0.4) is 0 Å². The van der Waals surface area contributed by atoms with Crippen molar-refractivity contribution in [2.45, 2.75) is 5.92 Å². The van der Waals surface area contributed by atoms with E-state index in [1.807, 2.05) is 36.4 Å². The molecule has 1 aliphatic rings. The molecule has 0 bridgehead atoms. The number of carbonyl (C=O) groups is 3. The number of fused-ring (bicyclic) bond motifs is 3. The van der Waals surface area contributed by atoms with Gasteiger partial charge in [0.25, 0.3) is 5.91 Å². The Bertz CT molecular complexity index is 1400. The molecule has 2 amide bonds. The third-order valence-electron chi connectivity index (χ3n) is 5.69. The highest BCUT2D eigenvalue weighted by molar-refractivity contribution is 7.17. The van der Waals surface area contributed by atoms with Crippen molar-refractivity contribution >= 4 is 40.1 Å². The number of thiazole rings is 1. The maximum Gasteiger partial charge on any atom is 0.413 e. The quantitative estimate of drug-likeness (QED) is 0.334. The first kappa shape index (κ1) is 22.3. The van der Waals surface area contributed by atoms with E-state index < -0.39 is 18.0 Å². The number of carboxylic acid groups (broad SMARTS) is 1. The average molecular weight is 486 g/mol. The Morgan fingerprint density at radius 3 is 2.20 bits per heavy atom. The Balaban J connectivity index is 1.22. The molecule has 174 valence electrons. The monoisotopic (exact) mass is 485 g/mol. The second-order valence-electron chi connectivity index (χ2n) is 7.79. The molecule has 9 heteroatoms. The number of ether oxygens (including phenoxy) is 1. The summed E-state index contributed by atoms with van der Waals surface area (Å²) in [6, 6.07) is 22.2. The molecule has 0 saturated carbocycles. The van der Waals surface area contributed by atoms with Crippen LogP contribution in [-0.4, -0.2) is 34.7 Å². The summed E-state index contributed by atoms with van der Waals surface area (Å²) in [5.74, 6) is -1.75. The molecular weight excluding hydrogens is 466 g/mol. The third kappa shape index (κ3) is 4.49. The molecule has 3 N–H and O–H groups in total. The highest BCUT2D eigenvalue weighted by atomic mass is 32.1. The molecule has 1 heterocycles. The van der Waals surface area contributed by atoms with Crippen molar-refractivity contribution in [1.29, 1.82) is 0 Å². The largest absolute Gasteiger partial charge is 0.478 e. The number of aromatic carboxylic acids is 1. The minimum absolute atomic E-state index is 0.0256. The van der Waals surface area contributed by atoms with Crippen molar-refractivity contribution in [3.05, 3.63) is 101 Å². The predicted molar refractivity (Wildman–Crippen MR) is 132 cm³/mol. The zero-order valence-corrected chi connectivity index (χ0v) is 19.0. The van der Waals surface area contributed by atoms with E-state index in [0.717, 1.165) is 33.6 Å². The van der Waals surface area contributed by atoms with Gasteiger partial charge in [-0.2, -0.15) is 0 Å². The standard InChI is InChI=1S/C26H19N3O5S/c30-23(28-21-12-6-5-11-19(21)24(31)32)22-13-27-25(35-22)29-26(33)34-14-20-17-9-3-1-7-15(17)16-8-2-4-10-18(16)20/h1-13,20H,14H2,(H,28,30)(H,31,32)(H,27,29,33). The summed E-state index contributed by atoms with van der Waals surface area (Å²) >= 11 is 0.956. The van der Waals surface area contributed by atoms with Crippen molar-refractivity contribution in [1.82, 2.24) is 4.98 Å². The van der Waals surface area contributed by atoms with E-state index in [-0.39, 0.29) is 33.8 Å². The smallest absolute Gasteiger partial charge is 0.413 e. The highest BCUT2D eigenvalue weighted by Crippen LogP contribution is 2.44. The minimum Gasteiger partial charge on any atom is -0.478 e. The maximum absolute atomic E-state index is 12.5. The second-order valence-corrected chi connectivity index (χ2v) is 8.82. The molecule has 5 rings (SSSR count). The van der Waals surface area contributed by atoms with Gasteiger partial charge in [0.1, 0.15) is 11.5 Å². The maximum atomic E-state index is 12.5. The van der Waals surface area contributed by atoms with Gasteiger partial charge in [0.05, 0.1) is 17.4 Å². The van der Waals surface area contributed by atoms with Gasteiger partial charge in [-0.15, -0.1) is 0 Å². The van der Waals surface area contributed by atoms with E-state index in [2.05, 4.69) is 27.8 Å². The summed E-state index contributed by atoms with van der Waals surface area (Å²) in [6.45, 7) is 0.157. The number of carbonyl (C=O) groups excluding carboxylic acids is 2. The molecule has 1 aliphatic carbocycles. The number of amides is 2. The molecule has 3 aromatic carbocycles. The van der Waals surface area contributed by atoms with Crippen molar-refractivity contribution in [3.8, 4) is 11.1 Å². The molecule has 8 nitrogen and oxygen atoms in total. The van der Waals surface area contributed by atoms with Crippen molar-refractivity contribution in [2.75, 3.05) is 17.2 Å². The predicted octanol–water partition coefficient (Wildman–Crippen LogP) is 5.45. The van der Waals surface area contributed by atoms with Crippen LogP contribution in [0.15, 0.2) is 79.0 Å². The molecule has 4 aromatic rings. The van der Waals surface area contributed by atoms with Crippen LogP contribution in [0.4, 0.5) is 15.6 Å². The van der Waals surface area contributed by atoms with Crippen LogP contribution >= 0.6 is 11.3 Å². The lowest BCUT2D eigenvalue weighted by Gasteiger charge is -2.14. The zero-order valence-electron chi connectivity index (χ0n) is 18.2. The SMILES string of the molecule is O=C(Nc1ncc(C(=O)Nc2ccccc2C(=O)O)s1)OCC1c2ccccc2-c2ccccc21. The fourth-order valence-corrected chi connectivity index (χ4v) is 4.82. The van der Waals surface area contributed by atoms with Gasteiger partial charge in [0, 0.05) is 5.92 Å². The molecule has 0 aliphatic heterocycles. The van der Waals surface area contributed by atoms with E-state index in [1.54, 1.807) is 12.1 Å². The molecule has 35 heavy (non-hydrogen) atoms. The lowest BCUT2D eigenvalue weighted by molar-refractivity contribution is 0.0698. The zero-order chi connectivity index (χ0) is 24.4. The van der Waals surface area contributed by atoms with Gasteiger partial charge >= 0.3 is 12.1 Å². The van der Waals surface area contributed by atoms with Crippen LogP contribution in [0.25, 0.3) is 11.1 Å². The first-order valence-corrected chi connectivity index (χ1v) is 11.5. The van der Waals surface area contributed by atoms with Crippen LogP contribution < -0.4 is 10.6 Å². The number of nitrogens with zero attached hydrogens (tertiary/aromatic N) is 1. The Labute approximate surface area is 204 Å². The fraction of sp³-hybridized carbons (Fsp3) is 0.0769. The first-order valence-electron chi connectivity index (χ1n) is 10.7. The minimum atomic E-state index is -1.15. The molecular formula is C26H19N3O5S. The normalized spacial score (nSPS) is 11.9. The van der Waals surface area contributed by atoms with E-state index >= 15 is 0 Å². The number of carboxylic acids is 1. The van der Waals surface area contributed by atoms with Gasteiger partial charge in [-0.25, -0.2) is 14.6 Å². The number of para-hydroxylation sites is 1. The van der Waals surface area contributed by atoms with Crippen molar-refractivity contribution in [3.63, 3.8) is 0 Å². The number of benzene rings is 3. The summed E-state index contributed by atoms with van der Waals surface area (Å²) in [5, 5.41) is 14.6. The number of rotatable bonds is 6. The molecule has 0 fully saturated rings. The lowest BCUT2D eigenvalue weighted by Crippen LogP contribution is -2.17. The molecule has 0 saturated heterocycles. The van der Waals surface area contributed by atoms with Crippen LogP contribution in [0, 0.1) is 0 Å². The van der Waals surface area contributed by atoms with Gasteiger partial charge in [0.15, 0.2) is 5.13 Å². The van der Waals surface area contributed by atoms with Crippen LogP contribution in [-0.2, 0) is 4.74 Å². The number of hydrogen-bond acceptors (Lipinski definition) is 6. The summed E-state index contributed by atoms with van der Waals surface area (Å²) in [5.41, 5.74) is 4.63. The topological polar surface area (TPSA) is 118 Å². The molecule has 0 unspecified atom stereocenters. The molecule has 1 aromatic heterocycles. The summed E-state index contributed by atoms with van der Waals surface area (Å²) in [6.07, 6.45) is 0.632.